The van der Waals surface area contributed by atoms with Crippen LogP contribution < -0.4 is 4.74 Å². The lowest BCUT2D eigenvalue weighted by atomic mass is 9.97. The van der Waals surface area contributed by atoms with Gasteiger partial charge in [0.05, 0.1) is 6.61 Å². The van der Waals surface area contributed by atoms with Crippen molar-refractivity contribution in [3.63, 3.8) is 0 Å². The second kappa shape index (κ2) is 8.08. The first kappa shape index (κ1) is 18.0. The summed E-state index contributed by atoms with van der Waals surface area (Å²) in [5.74, 6) is 0.396. The molecule has 1 aliphatic heterocycles. The van der Waals surface area contributed by atoms with Gasteiger partial charge in [-0.25, -0.2) is 4.79 Å². The van der Waals surface area contributed by atoms with Gasteiger partial charge in [0.1, 0.15) is 17.1 Å². The van der Waals surface area contributed by atoms with Crippen molar-refractivity contribution in [1.29, 1.82) is 0 Å². The Hall–Kier alpha value is -2.76. The third kappa shape index (κ3) is 4.07. The Morgan fingerprint density at radius 1 is 1.23 bits per heavy atom. The molecule has 26 heavy (non-hydrogen) atoms. The second-order valence-corrected chi connectivity index (χ2v) is 6.47. The van der Waals surface area contributed by atoms with Crippen molar-refractivity contribution in [1.82, 2.24) is 4.90 Å². The zero-order valence-corrected chi connectivity index (χ0v) is 14.8. The minimum absolute atomic E-state index is 0.0713. The normalized spacial score (nSPS) is 15.0. The molecule has 1 aromatic carbocycles. The molecule has 0 aliphatic carbocycles. The van der Waals surface area contributed by atoms with Crippen molar-refractivity contribution in [2.24, 2.45) is 5.92 Å². The summed E-state index contributed by atoms with van der Waals surface area (Å²) in [6.07, 6.45) is 2.14. The summed E-state index contributed by atoms with van der Waals surface area (Å²) in [4.78, 5) is 25.5. The molecule has 0 unspecified atom stereocenters. The number of piperidine rings is 1. The molecule has 138 valence electrons. The van der Waals surface area contributed by atoms with Crippen LogP contribution in [-0.4, -0.2) is 41.6 Å². The number of hydrogen-bond donors (Lipinski definition) is 1. The Labute approximate surface area is 152 Å². The highest BCUT2D eigenvalue weighted by Gasteiger charge is 2.27. The molecule has 1 fully saturated rings. The molecular weight excluding hydrogens is 334 g/mol. The lowest BCUT2D eigenvalue weighted by molar-refractivity contribution is 0.0627. The van der Waals surface area contributed by atoms with Gasteiger partial charge in [-0.3, -0.25) is 4.79 Å². The number of aryl methyl sites for hydroxylation is 1. The van der Waals surface area contributed by atoms with Gasteiger partial charge < -0.3 is 19.2 Å². The van der Waals surface area contributed by atoms with E-state index in [0.717, 1.165) is 18.6 Å². The summed E-state index contributed by atoms with van der Waals surface area (Å²) in [6.45, 7) is 3.67. The fourth-order valence-electron chi connectivity index (χ4n) is 3.17. The topological polar surface area (TPSA) is 80.0 Å². The van der Waals surface area contributed by atoms with Gasteiger partial charge in [0.2, 0.25) is 0 Å². The molecule has 6 heteroatoms. The maximum atomic E-state index is 12.6. The molecule has 2 heterocycles. The molecule has 3 rings (SSSR count). The number of ether oxygens (including phenoxy) is 1. The van der Waals surface area contributed by atoms with E-state index in [1.807, 2.05) is 30.3 Å². The van der Waals surface area contributed by atoms with E-state index in [4.69, 9.17) is 9.15 Å². The van der Waals surface area contributed by atoms with Crippen molar-refractivity contribution in [2.75, 3.05) is 19.7 Å². The number of para-hydroxylation sites is 1. The third-order valence-corrected chi connectivity index (χ3v) is 4.70. The van der Waals surface area contributed by atoms with Gasteiger partial charge in [-0.2, -0.15) is 0 Å². The van der Waals surface area contributed by atoms with Crippen molar-refractivity contribution < 1.29 is 23.8 Å². The van der Waals surface area contributed by atoms with Gasteiger partial charge in [0.15, 0.2) is 5.76 Å². The number of carboxylic acid groups (broad SMARTS) is 1. The summed E-state index contributed by atoms with van der Waals surface area (Å²) < 4.78 is 11.3. The van der Waals surface area contributed by atoms with Crippen LogP contribution in [0.15, 0.2) is 40.8 Å². The fourth-order valence-corrected chi connectivity index (χ4v) is 3.17. The van der Waals surface area contributed by atoms with E-state index in [-0.39, 0.29) is 17.2 Å². The van der Waals surface area contributed by atoms with Crippen LogP contribution in [0, 0.1) is 5.92 Å². The zero-order valence-electron chi connectivity index (χ0n) is 14.8. The Morgan fingerprint density at radius 2 is 1.92 bits per heavy atom. The quantitative estimate of drug-likeness (QED) is 0.856. The Bertz CT molecular complexity index is 760. The van der Waals surface area contributed by atoms with Crippen molar-refractivity contribution in [3.05, 3.63) is 53.5 Å². The van der Waals surface area contributed by atoms with Crippen molar-refractivity contribution >= 4 is 11.9 Å². The maximum Gasteiger partial charge on any atom is 0.339 e. The molecular formula is C20H23NO5. The standard InChI is InChI=1S/C20H23NO5/c1-2-17-16(20(23)24)12-18(26-17)19(22)21-10-8-14(9-11-21)13-25-15-6-4-3-5-7-15/h3-7,12,14H,2,8-11,13H2,1H3,(H,23,24). The highest BCUT2D eigenvalue weighted by atomic mass is 16.5. The van der Waals surface area contributed by atoms with E-state index in [1.54, 1.807) is 11.8 Å². The molecule has 0 radical (unpaired) electrons. The lowest BCUT2D eigenvalue weighted by Crippen LogP contribution is -2.39. The number of furan rings is 1. The summed E-state index contributed by atoms with van der Waals surface area (Å²) in [5.41, 5.74) is 0.0713. The van der Waals surface area contributed by atoms with Crippen LogP contribution in [-0.2, 0) is 6.42 Å². The molecule has 1 saturated heterocycles. The monoisotopic (exact) mass is 357 g/mol. The number of carbonyl (C=O) groups excluding carboxylic acids is 1. The lowest BCUT2D eigenvalue weighted by Gasteiger charge is -2.31. The SMILES string of the molecule is CCc1oc(C(=O)N2CCC(COc3ccccc3)CC2)cc1C(=O)O. The number of hydrogen-bond acceptors (Lipinski definition) is 4. The van der Waals surface area contributed by atoms with Crippen molar-refractivity contribution in [3.8, 4) is 5.75 Å². The number of benzene rings is 1. The van der Waals surface area contributed by atoms with Gasteiger partial charge in [-0.05, 0) is 30.9 Å². The van der Waals surface area contributed by atoms with Crippen LogP contribution in [0.1, 0.15) is 46.4 Å². The van der Waals surface area contributed by atoms with Crippen molar-refractivity contribution in [2.45, 2.75) is 26.2 Å². The summed E-state index contributed by atoms with van der Waals surface area (Å²) in [5, 5.41) is 9.19. The smallest absolute Gasteiger partial charge is 0.339 e. The molecule has 6 nitrogen and oxygen atoms in total. The molecule has 1 aliphatic rings. The number of rotatable bonds is 6. The number of aromatic carboxylic acids is 1. The molecule has 0 spiro atoms. The Kier molecular flexibility index (Phi) is 5.61. The fraction of sp³-hybridized carbons (Fsp3) is 0.400. The average Bonchev–Trinajstić information content (AvgIpc) is 3.12. The number of carbonyl (C=O) groups is 2. The number of nitrogens with zero attached hydrogens (tertiary/aromatic N) is 1. The predicted octanol–water partition coefficient (Wildman–Crippen LogP) is 3.47. The van der Waals surface area contributed by atoms with E-state index in [9.17, 15) is 14.7 Å². The summed E-state index contributed by atoms with van der Waals surface area (Å²) in [7, 11) is 0. The minimum atomic E-state index is -1.07. The second-order valence-electron chi connectivity index (χ2n) is 6.47. The molecule has 2 aromatic rings. The van der Waals surface area contributed by atoms with Gasteiger partial charge in [-0.15, -0.1) is 0 Å². The molecule has 1 N–H and O–H groups in total. The van der Waals surface area contributed by atoms with Crippen LogP contribution in [0.4, 0.5) is 0 Å². The van der Waals surface area contributed by atoms with Gasteiger partial charge in [-0.1, -0.05) is 25.1 Å². The van der Waals surface area contributed by atoms with E-state index >= 15 is 0 Å². The van der Waals surface area contributed by atoms with Crippen LogP contribution in [0.25, 0.3) is 0 Å². The van der Waals surface area contributed by atoms with E-state index in [1.165, 1.54) is 6.07 Å². The average molecular weight is 357 g/mol. The first-order valence-corrected chi connectivity index (χ1v) is 8.91. The molecule has 0 bridgehead atoms. The molecule has 1 amide bonds. The van der Waals surface area contributed by atoms with Gasteiger partial charge >= 0.3 is 5.97 Å². The van der Waals surface area contributed by atoms with Gasteiger partial charge in [0.25, 0.3) is 5.91 Å². The minimum Gasteiger partial charge on any atom is -0.493 e. The van der Waals surface area contributed by atoms with Crippen LogP contribution in [0.3, 0.4) is 0 Å². The highest BCUT2D eigenvalue weighted by molar-refractivity contribution is 5.96. The largest absolute Gasteiger partial charge is 0.493 e. The Morgan fingerprint density at radius 3 is 2.50 bits per heavy atom. The predicted molar refractivity (Wildman–Crippen MR) is 95.6 cm³/mol. The third-order valence-electron chi connectivity index (χ3n) is 4.70. The highest BCUT2D eigenvalue weighted by Crippen LogP contribution is 2.23. The molecule has 0 atom stereocenters. The van der Waals surface area contributed by atoms with E-state index in [0.29, 0.717) is 37.8 Å². The first-order valence-electron chi connectivity index (χ1n) is 8.91. The van der Waals surface area contributed by atoms with Gasteiger partial charge in [0, 0.05) is 25.6 Å². The van der Waals surface area contributed by atoms with Crippen LogP contribution >= 0.6 is 0 Å². The van der Waals surface area contributed by atoms with Crippen LogP contribution in [0.5, 0.6) is 5.75 Å². The van der Waals surface area contributed by atoms with Crippen LogP contribution in [0.2, 0.25) is 0 Å². The molecule has 0 saturated carbocycles. The number of amides is 1. The summed E-state index contributed by atoms with van der Waals surface area (Å²) in [6, 6.07) is 11.0. The first-order chi connectivity index (χ1) is 12.6. The molecule has 1 aromatic heterocycles. The zero-order chi connectivity index (χ0) is 18.5. The maximum absolute atomic E-state index is 12.6. The number of carboxylic acids is 1. The Balaban J connectivity index is 1.54. The summed E-state index contributed by atoms with van der Waals surface area (Å²) >= 11 is 0. The number of likely N-dealkylation sites (tertiary alicyclic amines) is 1. The van der Waals surface area contributed by atoms with E-state index < -0.39 is 5.97 Å². The van der Waals surface area contributed by atoms with E-state index in [2.05, 4.69) is 0 Å².